The molecule has 19 heavy (non-hydrogen) atoms. The fourth-order valence-corrected chi connectivity index (χ4v) is 2.02. The highest BCUT2D eigenvalue weighted by molar-refractivity contribution is 5.14. The van der Waals surface area contributed by atoms with E-state index in [1.807, 2.05) is 13.8 Å². The molecule has 1 aromatic heterocycles. The van der Waals surface area contributed by atoms with E-state index in [1.165, 1.54) is 6.07 Å². The standard InChI is InChI=1S/C13H20F3N3/c1-4-8-17-9(3)10(5-2)11-6-7-12(19-18-11)13(14,15)16/h6-7,9-10,17H,4-5,8H2,1-3H3. The van der Waals surface area contributed by atoms with Gasteiger partial charge < -0.3 is 5.32 Å². The van der Waals surface area contributed by atoms with Crippen LogP contribution in [0, 0.1) is 0 Å². The number of hydrogen-bond acceptors (Lipinski definition) is 3. The van der Waals surface area contributed by atoms with E-state index in [0.29, 0.717) is 5.69 Å². The Kier molecular flexibility index (Phi) is 5.72. The Morgan fingerprint density at radius 1 is 1.21 bits per heavy atom. The first kappa shape index (κ1) is 15.9. The lowest BCUT2D eigenvalue weighted by Crippen LogP contribution is -2.33. The third-order valence-corrected chi connectivity index (χ3v) is 3.12. The van der Waals surface area contributed by atoms with Crippen molar-refractivity contribution in [2.24, 2.45) is 0 Å². The lowest BCUT2D eigenvalue weighted by Gasteiger charge is -2.23. The van der Waals surface area contributed by atoms with Gasteiger partial charge in [0.05, 0.1) is 5.69 Å². The van der Waals surface area contributed by atoms with Crippen molar-refractivity contribution in [1.29, 1.82) is 0 Å². The summed E-state index contributed by atoms with van der Waals surface area (Å²) in [5.74, 6) is 0.0707. The second kappa shape index (κ2) is 6.84. The van der Waals surface area contributed by atoms with Crippen molar-refractivity contribution in [2.45, 2.75) is 51.7 Å². The zero-order valence-electron chi connectivity index (χ0n) is 11.5. The Morgan fingerprint density at radius 2 is 1.89 bits per heavy atom. The van der Waals surface area contributed by atoms with Crippen LogP contribution in [0.3, 0.4) is 0 Å². The molecule has 0 saturated carbocycles. The van der Waals surface area contributed by atoms with Crippen molar-refractivity contribution >= 4 is 0 Å². The van der Waals surface area contributed by atoms with Gasteiger partial charge in [-0.3, -0.25) is 0 Å². The molecule has 0 radical (unpaired) electrons. The molecular weight excluding hydrogens is 255 g/mol. The lowest BCUT2D eigenvalue weighted by atomic mass is 9.94. The minimum absolute atomic E-state index is 0.0707. The summed E-state index contributed by atoms with van der Waals surface area (Å²) in [6, 6.07) is 2.59. The molecule has 108 valence electrons. The molecule has 6 heteroatoms. The lowest BCUT2D eigenvalue weighted by molar-refractivity contribution is -0.141. The summed E-state index contributed by atoms with van der Waals surface area (Å²) in [5.41, 5.74) is -0.341. The largest absolute Gasteiger partial charge is 0.435 e. The van der Waals surface area contributed by atoms with Gasteiger partial charge in [-0.25, -0.2) is 0 Å². The minimum Gasteiger partial charge on any atom is -0.314 e. The van der Waals surface area contributed by atoms with Crippen molar-refractivity contribution in [2.75, 3.05) is 6.54 Å². The van der Waals surface area contributed by atoms with Gasteiger partial charge in [0.25, 0.3) is 0 Å². The summed E-state index contributed by atoms with van der Waals surface area (Å²) in [6.07, 6.45) is -2.61. The van der Waals surface area contributed by atoms with Gasteiger partial charge in [-0.15, -0.1) is 5.10 Å². The van der Waals surface area contributed by atoms with Gasteiger partial charge in [0.15, 0.2) is 5.69 Å². The maximum Gasteiger partial charge on any atom is 0.435 e. The smallest absolute Gasteiger partial charge is 0.314 e. The molecule has 3 nitrogen and oxygen atoms in total. The number of nitrogens with zero attached hydrogens (tertiary/aromatic N) is 2. The molecule has 1 rings (SSSR count). The fourth-order valence-electron chi connectivity index (χ4n) is 2.02. The number of alkyl halides is 3. The molecule has 0 aromatic carbocycles. The Bertz CT molecular complexity index is 376. The van der Waals surface area contributed by atoms with Gasteiger partial charge in [-0.1, -0.05) is 13.8 Å². The quantitative estimate of drug-likeness (QED) is 0.865. The summed E-state index contributed by atoms with van der Waals surface area (Å²) < 4.78 is 37.2. The topological polar surface area (TPSA) is 37.8 Å². The molecule has 0 fully saturated rings. The minimum atomic E-state index is -4.43. The second-order valence-electron chi connectivity index (χ2n) is 4.60. The van der Waals surface area contributed by atoms with Gasteiger partial charge in [0.2, 0.25) is 0 Å². The number of rotatable bonds is 6. The van der Waals surface area contributed by atoms with Crippen LogP contribution in [0.4, 0.5) is 13.2 Å². The van der Waals surface area contributed by atoms with Crippen molar-refractivity contribution in [1.82, 2.24) is 15.5 Å². The van der Waals surface area contributed by atoms with Crippen LogP contribution in [0.5, 0.6) is 0 Å². The van der Waals surface area contributed by atoms with Crippen molar-refractivity contribution < 1.29 is 13.2 Å². The number of aromatic nitrogens is 2. The second-order valence-corrected chi connectivity index (χ2v) is 4.60. The van der Waals surface area contributed by atoms with Crippen molar-refractivity contribution in [3.63, 3.8) is 0 Å². The van der Waals surface area contributed by atoms with Gasteiger partial charge in [-0.2, -0.15) is 18.3 Å². The number of hydrogen-bond donors (Lipinski definition) is 1. The molecule has 0 saturated heterocycles. The van der Waals surface area contributed by atoms with Crippen LogP contribution in [0.1, 0.15) is 50.9 Å². The Hall–Kier alpha value is -1.17. The van der Waals surface area contributed by atoms with Crippen LogP contribution in [-0.2, 0) is 6.18 Å². The first-order valence-electron chi connectivity index (χ1n) is 6.54. The molecule has 1 heterocycles. The molecule has 0 aliphatic rings. The molecule has 0 bridgehead atoms. The average Bonchev–Trinajstić information content (AvgIpc) is 2.37. The molecule has 0 spiro atoms. The monoisotopic (exact) mass is 275 g/mol. The Morgan fingerprint density at radius 3 is 2.32 bits per heavy atom. The molecule has 1 N–H and O–H groups in total. The molecule has 0 aliphatic heterocycles. The third kappa shape index (κ3) is 4.45. The number of nitrogens with one attached hydrogen (secondary N) is 1. The SMILES string of the molecule is CCCNC(C)C(CC)c1ccc(C(F)(F)F)nn1. The third-order valence-electron chi connectivity index (χ3n) is 3.12. The normalized spacial score (nSPS) is 15.3. The Balaban J connectivity index is 2.82. The van der Waals surface area contributed by atoms with E-state index in [2.05, 4.69) is 22.4 Å². The summed E-state index contributed by atoms with van der Waals surface area (Å²) in [7, 11) is 0. The van der Waals surface area contributed by atoms with E-state index >= 15 is 0 Å². The molecule has 2 atom stereocenters. The van der Waals surface area contributed by atoms with Crippen LogP contribution in [0.15, 0.2) is 12.1 Å². The maximum atomic E-state index is 12.4. The zero-order chi connectivity index (χ0) is 14.5. The first-order valence-corrected chi connectivity index (χ1v) is 6.54. The fraction of sp³-hybridized carbons (Fsp3) is 0.692. The molecule has 0 amide bonds. The predicted octanol–water partition coefficient (Wildman–Crippen LogP) is 3.38. The average molecular weight is 275 g/mol. The number of halogens is 3. The molecular formula is C13H20F3N3. The van der Waals surface area contributed by atoms with Crippen LogP contribution in [0.2, 0.25) is 0 Å². The predicted molar refractivity (Wildman–Crippen MR) is 67.8 cm³/mol. The van der Waals surface area contributed by atoms with E-state index in [0.717, 1.165) is 25.5 Å². The van der Waals surface area contributed by atoms with E-state index in [4.69, 9.17) is 0 Å². The van der Waals surface area contributed by atoms with Crippen molar-refractivity contribution in [3.8, 4) is 0 Å². The molecule has 2 unspecified atom stereocenters. The van der Waals surface area contributed by atoms with Gasteiger partial charge in [0.1, 0.15) is 0 Å². The van der Waals surface area contributed by atoms with E-state index in [9.17, 15) is 13.2 Å². The van der Waals surface area contributed by atoms with Gasteiger partial charge in [-0.05, 0) is 38.4 Å². The first-order chi connectivity index (χ1) is 8.90. The maximum absolute atomic E-state index is 12.4. The van der Waals surface area contributed by atoms with Crippen LogP contribution in [-0.4, -0.2) is 22.8 Å². The molecule has 0 aliphatic carbocycles. The van der Waals surface area contributed by atoms with Gasteiger partial charge >= 0.3 is 6.18 Å². The highest BCUT2D eigenvalue weighted by Crippen LogP contribution is 2.28. The summed E-state index contributed by atoms with van der Waals surface area (Å²) in [4.78, 5) is 0. The van der Waals surface area contributed by atoms with Gasteiger partial charge in [0, 0.05) is 12.0 Å². The van der Waals surface area contributed by atoms with Crippen LogP contribution < -0.4 is 5.32 Å². The van der Waals surface area contributed by atoms with Crippen LogP contribution in [0.25, 0.3) is 0 Å². The summed E-state index contributed by atoms with van der Waals surface area (Å²) in [6.45, 7) is 6.96. The molecule has 1 aromatic rings. The van der Waals surface area contributed by atoms with Crippen LogP contribution >= 0.6 is 0 Å². The van der Waals surface area contributed by atoms with E-state index < -0.39 is 11.9 Å². The summed E-state index contributed by atoms with van der Waals surface area (Å²) >= 11 is 0. The van der Waals surface area contributed by atoms with E-state index in [1.54, 1.807) is 0 Å². The highest BCUT2D eigenvalue weighted by atomic mass is 19.4. The summed E-state index contributed by atoms with van der Waals surface area (Å²) in [5, 5.41) is 10.4. The Labute approximate surface area is 111 Å². The van der Waals surface area contributed by atoms with Crippen molar-refractivity contribution in [3.05, 3.63) is 23.5 Å². The zero-order valence-corrected chi connectivity index (χ0v) is 11.5. The van der Waals surface area contributed by atoms with E-state index in [-0.39, 0.29) is 12.0 Å². The highest BCUT2D eigenvalue weighted by Gasteiger charge is 2.33.